The Balaban J connectivity index is 1.56. The van der Waals surface area contributed by atoms with E-state index in [1.165, 1.54) is 18.2 Å². The Bertz CT molecular complexity index is 809. The van der Waals surface area contributed by atoms with Crippen molar-refractivity contribution < 1.29 is 14.0 Å². The van der Waals surface area contributed by atoms with E-state index in [-0.39, 0.29) is 29.4 Å². The molecule has 2 aromatic carbocycles. The zero-order valence-electron chi connectivity index (χ0n) is 13.3. The Hall–Kier alpha value is -2.60. The van der Waals surface area contributed by atoms with E-state index >= 15 is 0 Å². The second-order valence-corrected chi connectivity index (χ2v) is 6.26. The van der Waals surface area contributed by atoms with Gasteiger partial charge in [-0.05, 0) is 49.2 Å². The minimum Gasteiger partial charge on any atom is -0.375 e. The van der Waals surface area contributed by atoms with E-state index in [0.29, 0.717) is 16.9 Å². The molecular weight excluding hydrogens is 345 g/mol. The van der Waals surface area contributed by atoms with E-state index in [9.17, 15) is 14.0 Å². The van der Waals surface area contributed by atoms with Crippen LogP contribution < -0.4 is 16.0 Å². The monoisotopic (exact) mass is 361 g/mol. The molecule has 1 aliphatic carbocycles. The SMILES string of the molecule is O=C(CNc1ccc(F)cc1Cl)Nc1cccc(C(=O)NC2CC2)c1. The Kier molecular flexibility index (Phi) is 5.19. The molecule has 2 amide bonds. The Morgan fingerprint density at radius 2 is 1.96 bits per heavy atom. The van der Waals surface area contributed by atoms with Crippen molar-refractivity contribution in [3.63, 3.8) is 0 Å². The van der Waals surface area contributed by atoms with Crippen molar-refractivity contribution in [2.45, 2.75) is 18.9 Å². The summed E-state index contributed by atoms with van der Waals surface area (Å²) < 4.78 is 13.0. The predicted octanol–water partition coefficient (Wildman–Crippen LogP) is 3.42. The van der Waals surface area contributed by atoms with Crippen LogP contribution in [0, 0.1) is 5.82 Å². The molecule has 0 radical (unpaired) electrons. The van der Waals surface area contributed by atoms with Crippen LogP contribution in [0.1, 0.15) is 23.2 Å². The van der Waals surface area contributed by atoms with Gasteiger partial charge in [0.1, 0.15) is 5.82 Å². The Morgan fingerprint density at radius 3 is 2.68 bits per heavy atom. The lowest BCUT2D eigenvalue weighted by Gasteiger charge is -2.10. The Labute approximate surface area is 149 Å². The molecule has 0 atom stereocenters. The summed E-state index contributed by atoms with van der Waals surface area (Å²) in [5, 5.41) is 8.65. The van der Waals surface area contributed by atoms with Crippen molar-refractivity contribution in [2.24, 2.45) is 0 Å². The van der Waals surface area contributed by atoms with Gasteiger partial charge in [-0.15, -0.1) is 0 Å². The van der Waals surface area contributed by atoms with Crippen molar-refractivity contribution in [1.29, 1.82) is 0 Å². The summed E-state index contributed by atoms with van der Waals surface area (Å²) in [5.74, 6) is -0.892. The highest BCUT2D eigenvalue weighted by atomic mass is 35.5. The molecule has 0 aromatic heterocycles. The van der Waals surface area contributed by atoms with Gasteiger partial charge in [0, 0.05) is 17.3 Å². The van der Waals surface area contributed by atoms with Gasteiger partial charge < -0.3 is 16.0 Å². The average Bonchev–Trinajstić information content (AvgIpc) is 3.38. The van der Waals surface area contributed by atoms with Crippen LogP contribution in [0.4, 0.5) is 15.8 Å². The van der Waals surface area contributed by atoms with Gasteiger partial charge in [-0.2, -0.15) is 0 Å². The topological polar surface area (TPSA) is 70.2 Å². The van der Waals surface area contributed by atoms with Gasteiger partial charge in [-0.1, -0.05) is 17.7 Å². The first kappa shape index (κ1) is 17.2. The highest BCUT2D eigenvalue weighted by Gasteiger charge is 2.23. The first-order chi connectivity index (χ1) is 12.0. The van der Waals surface area contributed by atoms with Crippen LogP contribution in [-0.2, 0) is 4.79 Å². The van der Waals surface area contributed by atoms with E-state index < -0.39 is 5.82 Å². The molecule has 0 spiro atoms. The molecule has 0 heterocycles. The minimum absolute atomic E-state index is 0.0378. The summed E-state index contributed by atoms with van der Waals surface area (Å²) in [6, 6.07) is 10.9. The summed E-state index contributed by atoms with van der Waals surface area (Å²) in [4.78, 5) is 24.1. The lowest BCUT2D eigenvalue weighted by molar-refractivity contribution is -0.114. The van der Waals surface area contributed by atoms with Gasteiger partial charge in [0.15, 0.2) is 0 Å². The van der Waals surface area contributed by atoms with Crippen LogP contribution in [0.15, 0.2) is 42.5 Å². The van der Waals surface area contributed by atoms with Crippen LogP contribution in [0.25, 0.3) is 0 Å². The highest BCUT2D eigenvalue weighted by molar-refractivity contribution is 6.33. The number of carbonyl (C=O) groups excluding carboxylic acids is 2. The second-order valence-electron chi connectivity index (χ2n) is 5.85. The molecule has 1 aliphatic rings. The summed E-state index contributed by atoms with van der Waals surface area (Å²) in [6.07, 6.45) is 2.03. The molecule has 1 saturated carbocycles. The number of carbonyl (C=O) groups is 2. The third-order valence-electron chi connectivity index (χ3n) is 3.69. The normalized spacial score (nSPS) is 13.2. The third-order valence-corrected chi connectivity index (χ3v) is 4.00. The Morgan fingerprint density at radius 1 is 1.16 bits per heavy atom. The van der Waals surface area contributed by atoms with Gasteiger partial charge in [0.05, 0.1) is 17.3 Å². The van der Waals surface area contributed by atoms with E-state index in [1.807, 2.05) is 0 Å². The average molecular weight is 362 g/mol. The third kappa shape index (κ3) is 4.93. The number of hydrogen-bond donors (Lipinski definition) is 3. The van der Waals surface area contributed by atoms with Gasteiger partial charge in [-0.25, -0.2) is 4.39 Å². The number of nitrogens with one attached hydrogen (secondary N) is 3. The molecule has 1 fully saturated rings. The maximum absolute atomic E-state index is 13.0. The van der Waals surface area contributed by atoms with Crippen LogP contribution in [0.3, 0.4) is 0 Å². The lowest BCUT2D eigenvalue weighted by Crippen LogP contribution is -2.26. The van der Waals surface area contributed by atoms with Gasteiger partial charge >= 0.3 is 0 Å². The lowest BCUT2D eigenvalue weighted by atomic mass is 10.2. The largest absolute Gasteiger partial charge is 0.375 e. The number of hydrogen-bond acceptors (Lipinski definition) is 3. The maximum atomic E-state index is 13.0. The first-order valence-electron chi connectivity index (χ1n) is 7.91. The number of amides is 2. The summed E-state index contributed by atoms with van der Waals surface area (Å²) in [5.41, 5.74) is 1.50. The summed E-state index contributed by atoms with van der Waals surface area (Å²) >= 11 is 5.90. The van der Waals surface area contributed by atoms with Gasteiger partial charge in [-0.3, -0.25) is 9.59 Å². The zero-order valence-corrected chi connectivity index (χ0v) is 14.1. The fourth-order valence-electron chi connectivity index (χ4n) is 2.25. The van der Waals surface area contributed by atoms with Gasteiger partial charge in [0.2, 0.25) is 5.91 Å². The van der Waals surface area contributed by atoms with Crippen LogP contribution in [0.2, 0.25) is 5.02 Å². The van der Waals surface area contributed by atoms with Crippen LogP contribution in [-0.4, -0.2) is 24.4 Å². The minimum atomic E-state index is -0.443. The zero-order chi connectivity index (χ0) is 17.8. The van der Waals surface area contributed by atoms with Crippen molar-refractivity contribution >= 4 is 34.8 Å². The standard InChI is InChI=1S/C18H17ClFN3O2/c19-15-9-12(20)4-7-16(15)21-10-17(24)22-14-3-1-2-11(8-14)18(25)23-13-5-6-13/h1-4,7-9,13,21H,5-6,10H2,(H,22,24)(H,23,25). The fraction of sp³-hybridized carbons (Fsp3) is 0.222. The molecule has 25 heavy (non-hydrogen) atoms. The summed E-state index contributed by atoms with van der Waals surface area (Å²) in [6.45, 7) is -0.0378. The first-order valence-corrected chi connectivity index (χ1v) is 8.29. The number of anilines is 2. The molecule has 130 valence electrons. The molecule has 0 bridgehead atoms. The van der Waals surface area contributed by atoms with E-state index in [2.05, 4.69) is 16.0 Å². The van der Waals surface area contributed by atoms with Crippen molar-refractivity contribution in [3.8, 4) is 0 Å². The van der Waals surface area contributed by atoms with E-state index in [0.717, 1.165) is 12.8 Å². The van der Waals surface area contributed by atoms with Crippen molar-refractivity contribution in [3.05, 3.63) is 58.9 Å². The van der Waals surface area contributed by atoms with E-state index in [4.69, 9.17) is 11.6 Å². The number of halogens is 2. The molecule has 3 rings (SSSR count). The van der Waals surface area contributed by atoms with Crippen molar-refractivity contribution in [1.82, 2.24) is 5.32 Å². The fourth-order valence-corrected chi connectivity index (χ4v) is 2.48. The van der Waals surface area contributed by atoms with E-state index in [1.54, 1.807) is 24.3 Å². The predicted molar refractivity (Wildman–Crippen MR) is 95.5 cm³/mol. The molecule has 7 heteroatoms. The molecule has 2 aromatic rings. The molecule has 0 aliphatic heterocycles. The second kappa shape index (κ2) is 7.53. The molecule has 0 unspecified atom stereocenters. The quantitative estimate of drug-likeness (QED) is 0.738. The van der Waals surface area contributed by atoms with Gasteiger partial charge in [0.25, 0.3) is 5.91 Å². The van der Waals surface area contributed by atoms with Crippen molar-refractivity contribution in [2.75, 3.05) is 17.2 Å². The van der Waals surface area contributed by atoms with Crippen LogP contribution >= 0.6 is 11.6 Å². The number of rotatable bonds is 6. The summed E-state index contributed by atoms with van der Waals surface area (Å²) in [7, 11) is 0. The van der Waals surface area contributed by atoms with Crippen LogP contribution in [0.5, 0.6) is 0 Å². The smallest absolute Gasteiger partial charge is 0.251 e. The highest BCUT2D eigenvalue weighted by Crippen LogP contribution is 2.22. The molecule has 0 saturated heterocycles. The molecular formula is C18H17ClFN3O2. The maximum Gasteiger partial charge on any atom is 0.251 e. The molecule has 5 nitrogen and oxygen atoms in total. The number of benzene rings is 2. The molecule has 3 N–H and O–H groups in total.